The molecule has 0 heterocycles. The van der Waals surface area contributed by atoms with Gasteiger partial charge >= 0.3 is 0 Å². The van der Waals surface area contributed by atoms with Crippen LogP contribution < -0.4 is 5.32 Å². The van der Waals surface area contributed by atoms with Gasteiger partial charge in [-0.25, -0.2) is 0 Å². The fraction of sp³-hybridized carbons (Fsp3) is 1.00. The summed E-state index contributed by atoms with van der Waals surface area (Å²) in [5, 5.41) is 3.57. The first-order valence-corrected chi connectivity index (χ1v) is 5.89. The van der Waals surface area contributed by atoms with E-state index in [2.05, 4.69) is 33.0 Å². The molecule has 0 aliphatic rings. The molecule has 0 aromatic heterocycles. The zero-order chi connectivity index (χ0) is 11.0. The van der Waals surface area contributed by atoms with Crippen molar-refractivity contribution in [3.8, 4) is 0 Å². The molecule has 2 atom stereocenters. The summed E-state index contributed by atoms with van der Waals surface area (Å²) < 4.78 is 5.30. The van der Waals surface area contributed by atoms with Crippen LogP contribution in [0.4, 0.5) is 0 Å². The first kappa shape index (κ1) is 13.9. The van der Waals surface area contributed by atoms with Crippen molar-refractivity contribution in [2.24, 2.45) is 11.8 Å². The summed E-state index contributed by atoms with van der Waals surface area (Å²) in [7, 11) is 1.80. The van der Waals surface area contributed by atoms with Crippen molar-refractivity contribution in [1.29, 1.82) is 0 Å². The highest BCUT2D eigenvalue weighted by Crippen LogP contribution is 2.19. The molecule has 2 unspecified atom stereocenters. The van der Waals surface area contributed by atoms with E-state index in [0.29, 0.717) is 17.9 Å². The highest BCUT2D eigenvalue weighted by Gasteiger charge is 2.22. The van der Waals surface area contributed by atoms with Gasteiger partial charge in [-0.1, -0.05) is 34.1 Å². The highest BCUT2D eigenvalue weighted by atomic mass is 16.5. The van der Waals surface area contributed by atoms with E-state index in [1.165, 1.54) is 12.8 Å². The van der Waals surface area contributed by atoms with Gasteiger partial charge in [-0.15, -0.1) is 0 Å². The molecule has 0 aliphatic heterocycles. The Hall–Kier alpha value is -0.0800. The van der Waals surface area contributed by atoms with E-state index < -0.39 is 0 Å². The molecule has 0 radical (unpaired) electrons. The van der Waals surface area contributed by atoms with Crippen LogP contribution >= 0.6 is 0 Å². The second-order valence-corrected chi connectivity index (χ2v) is 4.32. The normalized spacial score (nSPS) is 15.9. The van der Waals surface area contributed by atoms with Gasteiger partial charge in [-0.05, 0) is 24.8 Å². The first-order chi connectivity index (χ1) is 6.67. The summed E-state index contributed by atoms with van der Waals surface area (Å²) in [6, 6.07) is 0.616. The first-order valence-electron chi connectivity index (χ1n) is 5.89. The molecule has 14 heavy (non-hydrogen) atoms. The third kappa shape index (κ3) is 4.97. The van der Waals surface area contributed by atoms with Crippen LogP contribution in [0.1, 0.15) is 40.5 Å². The Bertz CT molecular complexity index is 119. The maximum absolute atomic E-state index is 5.30. The van der Waals surface area contributed by atoms with E-state index in [1.54, 1.807) is 7.11 Å². The van der Waals surface area contributed by atoms with Crippen molar-refractivity contribution in [3.05, 3.63) is 0 Å². The zero-order valence-corrected chi connectivity index (χ0v) is 10.5. The fourth-order valence-corrected chi connectivity index (χ4v) is 2.01. The zero-order valence-electron chi connectivity index (χ0n) is 10.5. The Morgan fingerprint density at radius 3 is 2.21 bits per heavy atom. The summed E-state index contributed by atoms with van der Waals surface area (Å²) >= 11 is 0. The quantitative estimate of drug-likeness (QED) is 0.652. The number of rotatable bonds is 8. The van der Waals surface area contributed by atoms with Gasteiger partial charge in [-0.2, -0.15) is 0 Å². The molecule has 0 spiro atoms. The SMILES string of the molecule is CCCC(NCC)C(COC)C(C)C. The van der Waals surface area contributed by atoms with Crippen LogP contribution in [0.15, 0.2) is 0 Å². The molecule has 0 amide bonds. The molecule has 2 heteroatoms. The van der Waals surface area contributed by atoms with E-state index in [-0.39, 0.29) is 0 Å². The van der Waals surface area contributed by atoms with Gasteiger partial charge in [0.25, 0.3) is 0 Å². The van der Waals surface area contributed by atoms with Crippen LogP contribution in [-0.2, 0) is 4.74 Å². The molecule has 0 fully saturated rings. The third-order valence-electron chi connectivity index (χ3n) is 2.80. The topological polar surface area (TPSA) is 21.3 Å². The van der Waals surface area contributed by atoms with Crippen LogP contribution in [0.25, 0.3) is 0 Å². The lowest BCUT2D eigenvalue weighted by Crippen LogP contribution is -2.40. The number of ether oxygens (including phenoxy) is 1. The van der Waals surface area contributed by atoms with Gasteiger partial charge in [0.15, 0.2) is 0 Å². The predicted octanol–water partition coefficient (Wildman–Crippen LogP) is 2.68. The molecule has 2 nitrogen and oxygen atoms in total. The smallest absolute Gasteiger partial charge is 0.0507 e. The molecule has 0 bridgehead atoms. The predicted molar refractivity (Wildman–Crippen MR) is 62.6 cm³/mol. The van der Waals surface area contributed by atoms with Gasteiger partial charge in [0.05, 0.1) is 6.61 Å². The van der Waals surface area contributed by atoms with Crippen LogP contribution in [0.3, 0.4) is 0 Å². The highest BCUT2D eigenvalue weighted by molar-refractivity contribution is 4.77. The van der Waals surface area contributed by atoms with Crippen molar-refractivity contribution in [1.82, 2.24) is 5.32 Å². The average molecular weight is 201 g/mol. The Morgan fingerprint density at radius 1 is 1.21 bits per heavy atom. The van der Waals surface area contributed by atoms with Crippen LogP contribution in [0, 0.1) is 11.8 Å². The van der Waals surface area contributed by atoms with E-state index in [1.807, 2.05) is 0 Å². The summed E-state index contributed by atoms with van der Waals surface area (Å²) in [5.74, 6) is 1.32. The average Bonchev–Trinajstić information content (AvgIpc) is 2.13. The molecule has 86 valence electrons. The summed E-state index contributed by atoms with van der Waals surface area (Å²) in [5.41, 5.74) is 0. The molecule has 0 aliphatic carbocycles. The van der Waals surface area contributed by atoms with Gasteiger partial charge in [0.1, 0.15) is 0 Å². The monoisotopic (exact) mass is 201 g/mol. The second kappa shape index (κ2) is 8.25. The number of methoxy groups -OCH3 is 1. The summed E-state index contributed by atoms with van der Waals surface area (Å²) in [4.78, 5) is 0. The lowest BCUT2D eigenvalue weighted by molar-refractivity contribution is 0.102. The van der Waals surface area contributed by atoms with Crippen molar-refractivity contribution < 1.29 is 4.74 Å². The lowest BCUT2D eigenvalue weighted by Gasteiger charge is -2.30. The largest absolute Gasteiger partial charge is 0.384 e. The van der Waals surface area contributed by atoms with Crippen LogP contribution in [0.2, 0.25) is 0 Å². The fourth-order valence-electron chi connectivity index (χ4n) is 2.01. The van der Waals surface area contributed by atoms with Crippen molar-refractivity contribution >= 4 is 0 Å². The summed E-state index contributed by atoms with van der Waals surface area (Å²) in [6.07, 6.45) is 2.49. The molecule has 0 saturated heterocycles. The minimum absolute atomic E-state index is 0.616. The van der Waals surface area contributed by atoms with Crippen LogP contribution in [0.5, 0.6) is 0 Å². The molecule has 0 rings (SSSR count). The van der Waals surface area contributed by atoms with Gasteiger partial charge < -0.3 is 10.1 Å². The molecule has 0 saturated carbocycles. The Labute approximate surface area is 89.4 Å². The molecular formula is C12H27NO. The lowest BCUT2D eigenvalue weighted by atomic mass is 9.86. The standard InChI is InChI=1S/C12H27NO/c1-6-8-12(13-7-2)11(9-14-5)10(3)4/h10-13H,6-9H2,1-5H3. The summed E-state index contributed by atoms with van der Waals surface area (Å²) in [6.45, 7) is 10.9. The maximum atomic E-state index is 5.30. The van der Waals surface area contributed by atoms with Crippen molar-refractivity contribution in [2.45, 2.75) is 46.6 Å². The maximum Gasteiger partial charge on any atom is 0.0507 e. The molecule has 0 aromatic rings. The Morgan fingerprint density at radius 2 is 1.86 bits per heavy atom. The van der Waals surface area contributed by atoms with Crippen molar-refractivity contribution in [3.63, 3.8) is 0 Å². The van der Waals surface area contributed by atoms with Crippen LogP contribution in [-0.4, -0.2) is 26.3 Å². The molecule has 1 N–H and O–H groups in total. The van der Waals surface area contributed by atoms with E-state index in [9.17, 15) is 0 Å². The number of hydrogen-bond donors (Lipinski definition) is 1. The number of nitrogens with one attached hydrogen (secondary N) is 1. The molecule has 0 aromatic carbocycles. The molecular weight excluding hydrogens is 174 g/mol. The van der Waals surface area contributed by atoms with E-state index in [4.69, 9.17) is 4.74 Å². The minimum Gasteiger partial charge on any atom is -0.384 e. The minimum atomic E-state index is 0.616. The van der Waals surface area contributed by atoms with Gasteiger partial charge in [-0.3, -0.25) is 0 Å². The van der Waals surface area contributed by atoms with Crippen molar-refractivity contribution in [2.75, 3.05) is 20.3 Å². The van der Waals surface area contributed by atoms with Gasteiger partial charge in [0.2, 0.25) is 0 Å². The third-order valence-corrected chi connectivity index (χ3v) is 2.80. The Kier molecular flexibility index (Phi) is 8.20. The Balaban J connectivity index is 4.21. The van der Waals surface area contributed by atoms with E-state index in [0.717, 1.165) is 13.2 Å². The number of hydrogen-bond acceptors (Lipinski definition) is 2. The van der Waals surface area contributed by atoms with Gasteiger partial charge in [0, 0.05) is 13.2 Å². The van der Waals surface area contributed by atoms with E-state index >= 15 is 0 Å². The second-order valence-electron chi connectivity index (χ2n) is 4.32.